The summed E-state index contributed by atoms with van der Waals surface area (Å²) in [5.41, 5.74) is 5.83. The van der Waals surface area contributed by atoms with Crippen LogP contribution in [-0.2, 0) is 0 Å². The molecule has 2 aliphatic rings. The third-order valence-electron chi connectivity index (χ3n) is 7.13. The van der Waals surface area contributed by atoms with Crippen molar-refractivity contribution in [2.24, 2.45) is 0 Å². The minimum atomic E-state index is -0.845. The second kappa shape index (κ2) is 8.69. The second-order valence-corrected chi connectivity index (χ2v) is 9.42. The molecule has 0 fully saturated rings. The zero-order valence-corrected chi connectivity index (χ0v) is 20.3. The van der Waals surface area contributed by atoms with Crippen LogP contribution in [0.1, 0.15) is 16.7 Å². The SMILES string of the molecule is C1=CC2(C=C(c3ccccc3)C=C(c3ccccc3)N2c2ccccc2)Oc2ccc3ccccc3c21. The summed E-state index contributed by atoms with van der Waals surface area (Å²) < 4.78 is 7.06. The maximum Gasteiger partial charge on any atom is 0.227 e. The maximum atomic E-state index is 7.06. The van der Waals surface area contributed by atoms with Crippen molar-refractivity contribution in [3.05, 3.63) is 162 Å². The van der Waals surface area contributed by atoms with Gasteiger partial charge in [-0.05, 0) is 70.0 Å². The average molecular weight is 476 g/mol. The fourth-order valence-electron chi connectivity index (χ4n) is 5.41. The van der Waals surface area contributed by atoms with Crippen molar-refractivity contribution in [2.75, 3.05) is 4.90 Å². The molecule has 0 amide bonds. The number of benzene rings is 5. The molecule has 2 nitrogen and oxygen atoms in total. The normalized spacial score (nSPS) is 18.2. The predicted octanol–water partition coefficient (Wildman–Crippen LogP) is 8.59. The number of nitrogens with zero attached hydrogens (tertiary/aromatic N) is 1. The number of hydrogen-bond donors (Lipinski definition) is 0. The Morgan fingerprint density at radius 1 is 0.595 bits per heavy atom. The molecule has 7 rings (SSSR count). The van der Waals surface area contributed by atoms with E-state index in [9.17, 15) is 0 Å². The quantitative estimate of drug-likeness (QED) is 0.259. The molecule has 176 valence electrons. The van der Waals surface area contributed by atoms with Gasteiger partial charge in [-0.1, -0.05) is 109 Å². The highest BCUT2D eigenvalue weighted by Crippen LogP contribution is 2.46. The lowest BCUT2D eigenvalue weighted by Gasteiger charge is -2.46. The fourth-order valence-corrected chi connectivity index (χ4v) is 5.41. The molecule has 0 saturated heterocycles. The summed E-state index contributed by atoms with van der Waals surface area (Å²) in [4.78, 5) is 2.31. The number of para-hydroxylation sites is 1. The van der Waals surface area contributed by atoms with Crippen LogP contribution in [0.3, 0.4) is 0 Å². The Hall–Kier alpha value is -4.82. The van der Waals surface area contributed by atoms with Crippen LogP contribution in [0.2, 0.25) is 0 Å². The molecule has 2 aliphatic heterocycles. The molecule has 5 aromatic rings. The van der Waals surface area contributed by atoms with Gasteiger partial charge in [-0.3, -0.25) is 4.90 Å². The molecule has 1 spiro atoms. The number of ether oxygens (including phenoxy) is 1. The van der Waals surface area contributed by atoms with E-state index in [1.54, 1.807) is 0 Å². The van der Waals surface area contributed by atoms with Crippen molar-refractivity contribution in [3.8, 4) is 5.75 Å². The first-order chi connectivity index (χ1) is 18.3. The van der Waals surface area contributed by atoms with E-state index >= 15 is 0 Å². The highest BCUT2D eigenvalue weighted by Gasteiger charge is 2.43. The molecule has 0 saturated carbocycles. The van der Waals surface area contributed by atoms with Crippen LogP contribution in [0.25, 0.3) is 28.1 Å². The van der Waals surface area contributed by atoms with Gasteiger partial charge < -0.3 is 4.74 Å². The Kier molecular flexibility index (Phi) is 5.04. The number of anilines is 1. The van der Waals surface area contributed by atoms with Crippen LogP contribution in [-0.4, -0.2) is 5.72 Å². The monoisotopic (exact) mass is 475 g/mol. The van der Waals surface area contributed by atoms with Gasteiger partial charge in [0.1, 0.15) is 5.75 Å². The highest BCUT2D eigenvalue weighted by molar-refractivity contribution is 5.98. The Morgan fingerprint density at radius 3 is 2.00 bits per heavy atom. The van der Waals surface area contributed by atoms with Gasteiger partial charge in [0.05, 0.1) is 5.70 Å². The Balaban J connectivity index is 1.49. The summed E-state index contributed by atoms with van der Waals surface area (Å²) in [5.74, 6) is 0.875. The Morgan fingerprint density at radius 2 is 1.24 bits per heavy atom. The van der Waals surface area contributed by atoms with Crippen molar-refractivity contribution >= 4 is 33.8 Å². The van der Waals surface area contributed by atoms with E-state index in [1.807, 2.05) is 0 Å². The molecule has 0 radical (unpaired) electrons. The van der Waals surface area contributed by atoms with Crippen molar-refractivity contribution in [2.45, 2.75) is 5.72 Å². The van der Waals surface area contributed by atoms with E-state index in [2.05, 4.69) is 157 Å². The molecule has 0 bridgehead atoms. The largest absolute Gasteiger partial charge is 0.460 e. The standard InChI is InChI=1S/C35H25NO/c1-4-12-26(13-5-1)29-24-33(28-15-6-2-7-16-28)36(30-17-8-3-9-18-30)35(25-29)23-22-32-31-19-11-10-14-27(31)20-21-34(32)37-35/h1-25H. The van der Waals surface area contributed by atoms with Crippen LogP contribution in [0.15, 0.2) is 146 Å². The van der Waals surface area contributed by atoms with E-state index in [4.69, 9.17) is 4.74 Å². The average Bonchev–Trinajstić information content (AvgIpc) is 2.98. The molecule has 0 aromatic heterocycles. The van der Waals surface area contributed by atoms with E-state index in [0.29, 0.717) is 0 Å². The molecular formula is C35H25NO. The molecule has 0 aliphatic carbocycles. The molecule has 37 heavy (non-hydrogen) atoms. The molecule has 2 heterocycles. The van der Waals surface area contributed by atoms with Crippen LogP contribution < -0.4 is 9.64 Å². The lowest BCUT2D eigenvalue weighted by molar-refractivity contribution is 0.175. The van der Waals surface area contributed by atoms with Gasteiger partial charge in [0.2, 0.25) is 5.72 Å². The first-order valence-electron chi connectivity index (χ1n) is 12.6. The molecular weight excluding hydrogens is 450 g/mol. The smallest absolute Gasteiger partial charge is 0.227 e. The Labute approximate surface area is 217 Å². The van der Waals surface area contributed by atoms with Crippen LogP contribution in [0, 0.1) is 0 Å². The summed E-state index contributed by atoms with van der Waals surface area (Å²) in [6, 6.07) is 44.3. The van der Waals surface area contributed by atoms with Gasteiger partial charge in [0.15, 0.2) is 0 Å². The first-order valence-corrected chi connectivity index (χ1v) is 12.6. The summed E-state index contributed by atoms with van der Waals surface area (Å²) >= 11 is 0. The van der Waals surface area contributed by atoms with E-state index in [-0.39, 0.29) is 0 Å². The lowest BCUT2D eigenvalue weighted by atomic mass is 9.89. The first kappa shape index (κ1) is 21.5. The van der Waals surface area contributed by atoms with E-state index in [0.717, 1.165) is 39.4 Å². The predicted molar refractivity (Wildman–Crippen MR) is 154 cm³/mol. The summed E-state index contributed by atoms with van der Waals surface area (Å²) in [6.45, 7) is 0. The second-order valence-electron chi connectivity index (χ2n) is 9.42. The minimum absolute atomic E-state index is 0.845. The Bertz CT molecular complexity index is 1680. The maximum absolute atomic E-state index is 7.06. The van der Waals surface area contributed by atoms with Gasteiger partial charge in [0.25, 0.3) is 0 Å². The van der Waals surface area contributed by atoms with Crippen molar-refractivity contribution in [1.82, 2.24) is 0 Å². The third-order valence-corrected chi connectivity index (χ3v) is 7.13. The summed E-state index contributed by atoms with van der Waals surface area (Å²) in [7, 11) is 0. The minimum Gasteiger partial charge on any atom is -0.460 e. The summed E-state index contributed by atoms with van der Waals surface area (Å²) in [5, 5.41) is 2.40. The molecule has 1 atom stereocenters. The van der Waals surface area contributed by atoms with Crippen LogP contribution in [0.4, 0.5) is 5.69 Å². The van der Waals surface area contributed by atoms with Crippen molar-refractivity contribution in [1.29, 1.82) is 0 Å². The zero-order chi connectivity index (χ0) is 24.7. The topological polar surface area (TPSA) is 12.5 Å². The van der Waals surface area contributed by atoms with Gasteiger partial charge in [-0.15, -0.1) is 0 Å². The number of fused-ring (bicyclic) bond motifs is 3. The number of allylic oxidation sites excluding steroid dienone is 2. The van der Waals surface area contributed by atoms with Gasteiger partial charge >= 0.3 is 0 Å². The van der Waals surface area contributed by atoms with E-state index in [1.165, 1.54) is 10.8 Å². The number of hydrogen-bond acceptors (Lipinski definition) is 2. The number of rotatable bonds is 3. The molecule has 0 N–H and O–H groups in total. The molecule has 1 unspecified atom stereocenters. The van der Waals surface area contributed by atoms with Gasteiger partial charge in [-0.2, -0.15) is 0 Å². The summed E-state index contributed by atoms with van der Waals surface area (Å²) in [6.07, 6.45) is 8.95. The van der Waals surface area contributed by atoms with Crippen molar-refractivity contribution in [3.63, 3.8) is 0 Å². The van der Waals surface area contributed by atoms with E-state index < -0.39 is 5.72 Å². The van der Waals surface area contributed by atoms with Gasteiger partial charge in [-0.25, -0.2) is 0 Å². The molecule has 2 heteroatoms. The van der Waals surface area contributed by atoms with Crippen LogP contribution >= 0.6 is 0 Å². The molecule has 5 aromatic carbocycles. The lowest BCUT2D eigenvalue weighted by Crippen LogP contribution is -2.52. The van der Waals surface area contributed by atoms with Gasteiger partial charge in [0, 0.05) is 11.3 Å². The van der Waals surface area contributed by atoms with Crippen LogP contribution in [0.5, 0.6) is 5.75 Å². The zero-order valence-electron chi connectivity index (χ0n) is 20.3. The third kappa shape index (κ3) is 3.66. The fraction of sp³-hybridized carbons (Fsp3) is 0.0286. The highest BCUT2D eigenvalue weighted by atomic mass is 16.5. The van der Waals surface area contributed by atoms with Crippen molar-refractivity contribution < 1.29 is 4.74 Å².